The molecule has 0 aromatic rings. The average Bonchev–Trinajstić information content (AvgIpc) is 2.23. The largest absolute Gasteiger partial charge is 0.459 e. The number of esters is 1. The van der Waals surface area contributed by atoms with Crippen LogP contribution in [0, 0.1) is 10.8 Å². The lowest BCUT2D eigenvalue weighted by Gasteiger charge is -2.32. The van der Waals surface area contributed by atoms with E-state index in [-0.39, 0.29) is 23.4 Å². The Morgan fingerprint density at radius 3 is 1.89 bits per heavy atom. The minimum atomic E-state index is -0.888. The lowest BCUT2D eigenvalue weighted by molar-refractivity contribution is -0.155. The van der Waals surface area contributed by atoms with Gasteiger partial charge >= 0.3 is 5.97 Å². The van der Waals surface area contributed by atoms with Crippen molar-refractivity contribution in [1.29, 1.82) is 0 Å². The number of ether oxygens (including phenoxy) is 1. The predicted molar refractivity (Wildman–Crippen MR) is 73.6 cm³/mol. The second kappa shape index (κ2) is 6.13. The van der Waals surface area contributed by atoms with Gasteiger partial charge in [-0.1, -0.05) is 34.3 Å². The van der Waals surface area contributed by atoms with Crippen LogP contribution in [0.1, 0.15) is 48.0 Å². The molecule has 4 nitrogen and oxygen atoms in total. The maximum Gasteiger partial charge on any atom is 0.379 e. The molecule has 0 rings (SSSR count). The molecule has 19 heavy (non-hydrogen) atoms. The summed E-state index contributed by atoms with van der Waals surface area (Å²) in [5.74, 6) is -1.51. The third-order valence-corrected chi connectivity index (χ3v) is 3.04. The lowest BCUT2D eigenvalue weighted by atomic mass is 9.73. The van der Waals surface area contributed by atoms with Gasteiger partial charge in [0.15, 0.2) is 0 Å². The summed E-state index contributed by atoms with van der Waals surface area (Å²) in [4.78, 5) is 34.3. The SMILES string of the molecule is C=C(C)C(=O)C(=O)OCC(C)(C)CC(C)(C)C(C)=O. The fourth-order valence-electron chi connectivity index (χ4n) is 1.87. The van der Waals surface area contributed by atoms with Crippen molar-refractivity contribution in [2.45, 2.75) is 48.0 Å². The smallest absolute Gasteiger partial charge is 0.379 e. The molecule has 0 aliphatic heterocycles. The summed E-state index contributed by atoms with van der Waals surface area (Å²) in [6.07, 6.45) is 0.573. The van der Waals surface area contributed by atoms with E-state index in [1.54, 1.807) is 6.92 Å². The molecule has 108 valence electrons. The van der Waals surface area contributed by atoms with Gasteiger partial charge in [0.25, 0.3) is 5.78 Å². The maximum absolute atomic E-state index is 11.5. The van der Waals surface area contributed by atoms with Gasteiger partial charge in [0.2, 0.25) is 0 Å². The summed E-state index contributed by atoms with van der Waals surface area (Å²) in [6, 6.07) is 0. The van der Waals surface area contributed by atoms with Gasteiger partial charge in [-0.05, 0) is 31.3 Å². The van der Waals surface area contributed by atoms with Crippen LogP contribution in [0.5, 0.6) is 0 Å². The van der Waals surface area contributed by atoms with Gasteiger partial charge in [0, 0.05) is 5.41 Å². The Bertz CT molecular complexity index is 402. The Labute approximate surface area is 115 Å². The van der Waals surface area contributed by atoms with E-state index in [0.29, 0.717) is 6.42 Å². The zero-order valence-corrected chi connectivity index (χ0v) is 12.8. The zero-order valence-electron chi connectivity index (χ0n) is 12.8. The van der Waals surface area contributed by atoms with Crippen LogP contribution in [-0.4, -0.2) is 24.1 Å². The van der Waals surface area contributed by atoms with Crippen LogP contribution in [0.3, 0.4) is 0 Å². The Kier molecular flexibility index (Phi) is 5.66. The first-order chi connectivity index (χ1) is 8.39. The van der Waals surface area contributed by atoms with Gasteiger partial charge in [-0.2, -0.15) is 0 Å². The van der Waals surface area contributed by atoms with E-state index in [1.807, 2.05) is 27.7 Å². The zero-order chi connectivity index (χ0) is 15.4. The third kappa shape index (κ3) is 5.81. The maximum atomic E-state index is 11.5. The van der Waals surface area contributed by atoms with E-state index in [2.05, 4.69) is 6.58 Å². The first-order valence-electron chi connectivity index (χ1n) is 6.27. The van der Waals surface area contributed by atoms with Crippen molar-refractivity contribution in [1.82, 2.24) is 0 Å². The lowest BCUT2D eigenvalue weighted by Crippen LogP contribution is -2.33. The Morgan fingerprint density at radius 1 is 1.05 bits per heavy atom. The van der Waals surface area contributed by atoms with Crippen molar-refractivity contribution < 1.29 is 19.1 Å². The van der Waals surface area contributed by atoms with Crippen LogP contribution in [0.4, 0.5) is 0 Å². The highest BCUT2D eigenvalue weighted by Gasteiger charge is 2.33. The first kappa shape index (κ1) is 17.6. The summed E-state index contributed by atoms with van der Waals surface area (Å²) in [7, 11) is 0. The molecule has 0 aliphatic rings. The highest BCUT2D eigenvalue weighted by molar-refractivity contribution is 6.40. The van der Waals surface area contributed by atoms with Crippen molar-refractivity contribution in [2.24, 2.45) is 10.8 Å². The molecule has 0 aromatic carbocycles. The molecule has 0 aromatic heterocycles. The van der Waals surface area contributed by atoms with Crippen molar-refractivity contribution in [3.8, 4) is 0 Å². The van der Waals surface area contributed by atoms with Crippen molar-refractivity contribution in [3.05, 3.63) is 12.2 Å². The predicted octanol–water partition coefficient (Wildman–Crippen LogP) is 2.71. The minimum Gasteiger partial charge on any atom is -0.459 e. The number of carbonyl (C=O) groups is 3. The molecular formula is C15H24O4. The molecule has 0 spiro atoms. The van der Waals surface area contributed by atoms with E-state index < -0.39 is 17.2 Å². The highest BCUT2D eigenvalue weighted by Crippen LogP contribution is 2.34. The molecule has 0 saturated heterocycles. The van der Waals surface area contributed by atoms with Crippen LogP contribution >= 0.6 is 0 Å². The first-order valence-corrected chi connectivity index (χ1v) is 6.27. The summed E-state index contributed by atoms with van der Waals surface area (Å²) in [5, 5.41) is 0. The summed E-state index contributed by atoms with van der Waals surface area (Å²) in [5.41, 5.74) is -0.694. The Morgan fingerprint density at radius 2 is 1.53 bits per heavy atom. The summed E-state index contributed by atoms with van der Waals surface area (Å²) >= 11 is 0. The summed E-state index contributed by atoms with van der Waals surface area (Å²) < 4.78 is 4.99. The number of hydrogen-bond acceptors (Lipinski definition) is 4. The number of carbonyl (C=O) groups excluding carboxylic acids is 3. The van der Waals surface area contributed by atoms with Crippen LogP contribution in [0.15, 0.2) is 12.2 Å². The molecule has 0 saturated carbocycles. The van der Waals surface area contributed by atoms with Gasteiger partial charge in [-0.15, -0.1) is 0 Å². The average molecular weight is 268 g/mol. The normalized spacial score (nSPS) is 11.9. The van der Waals surface area contributed by atoms with Gasteiger partial charge in [0.05, 0.1) is 6.61 Å². The molecule has 0 N–H and O–H groups in total. The third-order valence-electron chi connectivity index (χ3n) is 3.04. The van der Waals surface area contributed by atoms with Crippen LogP contribution in [0.25, 0.3) is 0 Å². The van der Waals surface area contributed by atoms with E-state index in [1.165, 1.54) is 6.92 Å². The second-order valence-electron chi connectivity index (χ2n) is 6.47. The molecule has 0 radical (unpaired) electrons. The second-order valence-corrected chi connectivity index (χ2v) is 6.47. The molecule has 4 heteroatoms. The number of Topliss-reactive ketones (excluding diaryl/α,β-unsaturated/α-hetero) is 2. The van der Waals surface area contributed by atoms with E-state index in [9.17, 15) is 14.4 Å². The van der Waals surface area contributed by atoms with E-state index in [0.717, 1.165) is 0 Å². The Hall–Kier alpha value is -1.45. The molecule has 0 bridgehead atoms. The fraction of sp³-hybridized carbons (Fsp3) is 0.667. The molecule has 0 atom stereocenters. The van der Waals surface area contributed by atoms with Gasteiger partial charge in [-0.3, -0.25) is 9.59 Å². The molecule has 0 fully saturated rings. The van der Waals surface area contributed by atoms with E-state index in [4.69, 9.17) is 4.74 Å². The van der Waals surface area contributed by atoms with Crippen molar-refractivity contribution >= 4 is 17.5 Å². The van der Waals surface area contributed by atoms with Crippen LogP contribution in [-0.2, 0) is 19.1 Å². The molecule has 0 unspecified atom stereocenters. The quantitative estimate of drug-likeness (QED) is 0.404. The Balaban J connectivity index is 4.56. The van der Waals surface area contributed by atoms with Gasteiger partial charge < -0.3 is 4.74 Å². The monoisotopic (exact) mass is 268 g/mol. The van der Waals surface area contributed by atoms with Crippen LogP contribution < -0.4 is 0 Å². The van der Waals surface area contributed by atoms with Gasteiger partial charge in [0.1, 0.15) is 5.78 Å². The minimum absolute atomic E-state index is 0.0879. The van der Waals surface area contributed by atoms with Crippen molar-refractivity contribution in [2.75, 3.05) is 6.61 Å². The number of ketones is 2. The number of rotatable bonds is 7. The van der Waals surface area contributed by atoms with Crippen molar-refractivity contribution in [3.63, 3.8) is 0 Å². The number of hydrogen-bond donors (Lipinski definition) is 0. The standard InChI is InChI=1S/C15H24O4/c1-10(2)12(17)13(18)19-9-14(4,5)8-15(6,7)11(3)16/h1,8-9H2,2-7H3. The fourth-order valence-corrected chi connectivity index (χ4v) is 1.87. The molecule has 0 amide bonds. The molecule has 0 aliphatic carbocycles. The molecule has 0 heterocycles. The summed E-state index contributed by atoms with van der Waals surface area (Å²) in [6.45, 7) is 14.0. The highest BCUT2D eigenvalue weighted by atomic mass is 16.5. The van der Waals surface area contributed by atoms with E-state index >= 15 is 0 Å². The van der Waals surface area contributed by atoms with Crippen LogP contribution in [0.2, 0.25) is 0 Å². The van der Waals surface area contributed by atoms with Gasteiger partial charge in [-0.25, -0.2) is 4.79 Å². The topological polar surface area (TPSA) is 60.4 Å². The molecular weight excluding hydrogens is 244 g/mol.